The van der Waals surface area contributed by atoms with Gasteiger partial charge in [0, 0.05) is 0 Å². The molecule has 0 aliphatic rings. The Labute approximate surface area is 266 Å². The summed E-state index contributed by atoms with van der Waals surface area (Å²) in [4.78, 5) is 0. The zero-order valence-electron chi connectivity index (χ0n) is 20.2. The molecule has 0 aromatic rings. The summed E-state index contributed by atoms with van der Waals surface area (Å²) in [6.07, 6.45) is 0. The fourth-order valence-electron chi connectivity index (χ4n) is 1.43. The first-order valence-corrected chi connectivity index (χ1v) is 16.8. The summed E-state index contributed by atoms with van der Waals surface area (Å²) in [5, 5.41) is 0. The van der Waals surface area contributed by atoms with Gasteiger partial charge in [-0.1, -0.05) is 0 Å². The predicted octanol–water partition coefficient (Wildman–Crippen LogP) is -3.52. The van der Waals surface area contributed by atoms with Crippen LogP contribution in [0, 0.1) is 7.83 Å². The summed E-state index contributed by atoms with van der Waals surface area (Å²) in [7, 11) is -48.1. The smallest absolute Gasteiger partial charge is 0.251 e. The van der Waals surface area contributed by atoms with Crippen molar-refractivity contribution in [3.05, 3.63) is 7.83 Å². The van der Waals surface area contributed by atoms with Crippen LogP contribution in [0.4, 0.5) is 79.0 Å². The molecule has 0 aromatic heterocycles. The molecule has 0 spiro atoms. The van der Waals surface area contributed by atoms with E-state index in [1.54, 1.807) is 0 Å². The molecule has 46 heavy (non-hydrogen) atoms. The van der Waals surface area contributed by atoms with Crippen molar-refractivity contribution in [1.29, 1.82) is 0 Å². The van der Waals surface area contributed by atoms with Crippen LogP contribution in [0.2, 0.25) is 0 Å². The Kier molecular flexibility index (Phi) is 16.1. The van der Waals surface area contributed by atoms with Gasteiger partial charge >= 0.3 is 70.8 Å². The fourth-order valence-corrected chi connectivity index (χ4v) is 12.9. The van der Waals surface area contributed by atoms with E-state index in [1.165, 1.54) is 0 Å². The molecule has 0 fully saturated rings. The maximum atomic E-state index is 12.0. The van der Waals surface area contributed by atoms with Crippen molar-refractivity contribution in [3.8, 4) is 0 Å². The van der Waals surface area contributed by atoms with Crippen LogP contribution < -0.4 is 37.7 Å². The average Bonchev–Trinajstić information content (AvgIpc) is 2.61. The maximum Gasteiger partial charge on any atom is 1.00 e. The van der Waals surface area contributed by atoms with Crippen molar-refractivity contribution < 1.29 is 167 Å². The van der Waals surface area contributed by atoms with Crippen molar-refractivity contribution in [1.82, 2.24) is 0 Å². The quantitative estimate of drug-likeness (QED) is 0.145. The first-order chi connectivity index (χ1) is 18.2. The van der Waals surface area contributed by atoms with Gasteiger partial charge in [-0.05, 0) is 0 Å². The minimum Gasteiger partial charge on any atom is -0.251 e. The molecule has 0 atom stereocenters. The van der Waals surface area contributed by atoms with Crippen LogP contribution >= 0.6 is 0 Å². The standard InChI is InChI=1S/2C4F9O6S3.2Li/c2*5-2(6,7)20(14,15)1(21(16,17)3(8,9)10)22(18,19)4(11,12)13;;/q2*-1;2*+1. The van der Waals surface area contributed by atoms with Crippen molar-refractivity contribution in [2.45, 2.75) is 33.0 Å². The Balaban J connectivity index is -0.000000367. The molecule has 0 aliphatic carbocycles. The third-order valence-corrected chi connectivity index (χ3v) is 17.3. The third-order valence-electron chi connectivity index (χ3n) is 3.14. The second-order valence-corrected chi connectivity index (χ2v) is 19.0. The van der Waals surface area contributed by atoms with Crippen molar-refractivity contribution in [2.75, 3.05) is 0 Å². The van der Waals surface area contributed by atoms with E-state index in [0.717, 1.165) is 0 Å². The Morgan fingerprint density at radius 3 is 0.348 bits per heavy atom. The Hall–Kier alpha value is -0.365. The molecule has 38 heteroatoms. The fraction of sp³-hybridized carbons (Fsp3) is 0.750. The second-order valence-electron chi connectivity index (χ2n) is 6.20. The van der Waals surface area contributed by atoms with E-state index in [-0.39, 0.29) is 37.7 Å². The Bertz CT molecular complexity index is 1400. The molecule has 0 saturated heterocycles. The van der Waals surface area contributed by atoms with Crippen LogP contribution in [0.25, 0.3) is 0 Å². The van der Waals surface area contributed by atoms with Crippen LogP contribution in [-0.2, 0) is 59.0 Å². The number of alkyl halides is 18. The van der Waals surface area contributed by atoms with E-state index in [9.17, 15) is 130 Å². The summed E-state index contributed by atoms with van der Waals surface area (Å²) in [6, 6.07) is 0. The minimum atomic E-state index is -8.02. The topological polar surface area (TPSA) is 205 Å². The van der Waals surface area contributed by atoms with Gasteiger partial charge in [-0.2, -0.15) is 79.0 Å². The zero-order valence-corrected chi connectivity index (χ0v) is 25.1. The summed E-state index contributed by atoms with van der Waals surface area (Å²) < 4.78 is 335. The Morgan fingerprint density at radius 2 is 0.304 bits per heavy atom. The molecule has 12 nitrogen and oxygen atoms in total. The first kappa shape index (κ1) is 52.4. The van der Waals surface area contributed by atoms with E-state index in [0.29, 0.717) is 0 Å². The number of sulfone groups is 6. The van der Waals surface area contributed by atoms with Crippen LogP contribution in [0.15, 0.2) is 0 Å². The molecule has 0 aliphatic heterocycles. The van der Waals surface area contributed by atoms with E-state index < -0.39 is 99.9 Å². The molecule has 0 aromatic carbocycles. The number of hydrogen-bond donors (Lipinski definition) is 0. The molecule has 0 amide bonds. The SMILES string of the molecule is O=S(=O)([C-](S(=O)(=O)C(F)(F)F)S(=O)(=O)C(F)(F)F)C(F)(F)F.O=S(=O)([C-](S(=O)(=O)C(F)(F)F)S(=O)(=O)C(F)(F)F)C(F)(F)F.[Li+].[Li+]. The largest absolute Gasteiger partial charge is 1.00 e. The molecule has 0 unspecified atom stereocenters. The van der Waals surface area contributed by atoms with E-state index >= 15 is 0 Å². The van der Waals surface area contributed by atoms with Crippen LogP contribution in [-0.4, -0.2) is 83.6 Å². The van der Waals surface area contributed by atoms with E-state index in [4.69, 9.17) is 0 Å². The van der Waals surface area contributed by atoms with Crippen LogP contribution in [0.1, 0.15) is 0 Å². The third kappa shape index (κ3) is 9.87. The average molecular weight is 836 g/mol. The monoisotopic (exact) mass is 836 g/mol. The van der Waals surface area contributed by atoms with E-state index in [2.05, 4.69) is 0 Å². The molecule has 0 N–H and O–H groups in total. The zero-order chi connectivity index (χ0) is 37.2. The summed E-state index contributed by atoms with van der Waals surface area (Å²) in [6.45, 7) is 0. The van der Waals surface area contributed by atoms with Gasteiger partial charge in [0.05, 0.1) is 7.83 Å². The maximum absolute atomic E-state index is 12.0. The summed E-state index contributed by atoms with van der Waals surface area (Å²) in [5.74, 6) is 0. The molecular weight excluding hydrogens is 836 g/mol. The first-order valence-electron chi connectivity index (χ1n) is 7.85. The molecule has 0 rings (SSSR count). The number of halogens is 18. The summed E-state index contributed by atoms with van der Waals surface area (Å²) >= 11 is 0. The van der Waals surface area contributed by atoms with Crippen molar-refractivity contribution in [2.24, 2.45) is 0 Å². The summed E-state index contributed by atoms with van der Waals surface area (Å²) in [5.41, 5.74) is -42.3. The molecule has 0 radical (unpaired) electrons. The van der Waals surface area contributed by atoms with Crippen LogP contribution in [0.3, 0.4) is 0 Å². The van der Waals surface area contributed by atoms with Gasteiger partial charge in [0.2, 0.25) is 0 Å². The van der Waals surface area contributed by atoms with Gasteiger partial charge < -0.3 is 0 Å². The number of rotatable bonds is 6. The van der Waals surface area contributed by atoms with Gasteiger partial charge in [-0.15, -0.1) is 0 Å². The van der Waals surface area contributed by atoms with Gasteiger partial charge in [0.1, 0.15) is 0 Å². The van der Waals surface area contributed by atoms with Gasteiger partial charge in [-0.25, -0.2) is 0 Å². The van der Waals surface area contributed by atoms with E-state index in [1.807, 2.05) is 0 Å². The van der Waals surface area contributed by atoms with Crippen LogP contribution in [0.5, 0.6) is 0 Å². The second kappa shape index (κ2) is 14.1. The predicted molar refractivity (Wildman–Crippen MR) is 96.3 cm³/mol. The number of hydrogen-bond acceptors (Lipinski definition) is 12. The molecular formula is C8F18Li2O12S6. The molecule has 0 saturated carbocycles. The van der Waals surface area contributed by atoms with Crippen molar-refractivity contribution >= 4 is 59.0 Å². The molecule has 0 bridgehead atoms. The van der Waals surface area contributed by atoms with Crippen molar-refractivity contribution in [3.63, 3.8) is 0 Å². The van der Waals surface area contributed by atoms with Gasteiger partial charge in [-0.3, -0.25) is 50.5 Å². The Morgan fingerprint density at radius 1 is 0.239 bits per heavy atom. The molecule has 268 valence electrons. The normalized spacial score (nSPS) is 15.4. The van der Waals surface area contributed by atoms with Gasteiger partial charge in [0.25, 0.3) is 0 Å². The molecule has 0 heterocycles. The minimum absolute atomic E-state index is 0. The van der Waals surface area contributed by atoms with Gasteiger partial charge in [0.15, 0.2) is 59.0 Å².